The number of likely N-dealkylation sites (tertiary alicyclic amines) is 2. The van der Waals surface area contributed by atoms with Gasteiger partial charge in [-0.25, -0.2) is 14.6 Å². The molecule has 0 saturated carbocycles. The van der Waals surface area contributed by atoms with Crippen LogP contribution in [0.25, 0.3) is 11.1 Å². The molecular formula is C42H49N5O8. The summed E-state index contributed by atoms with van der Waals surface area (Å²) in [6.45, 7) is 1.52. The van der Waals surface area contributed by atoms with Crippen molar-refractivity contribution in [3.8, 4) is 0 Å². The van der Waals surface area contributed by atoms with Crippen molar-refractivity contribution in [1.29, 1.82) is 0 Å². The molecule has 2 saturated heterocycles. The van der Waals surface area contributed by atoms with Crippen LogP contribution in [0.3, 0.4) is 0 Å². The highest BCUT2D eigenvalue weighted by atomic mass is 16.6. The number of amides is 3. The summed E-state index contributed by atoms with van der Waals surface area (Å²) in [6, 6.07) is 23.3. The van der Waals surface area contributed by atoms with E-state index in [2.05, 4.69) is 10.3 Å². The Kier molecular flexibility index (Phi) is 13.6. The molecule has 0 radical (unpaired) electrons. The highest BCUT2D eigenvalue weighted by Gasteiger charge is 2.45. The molecule has 3 aromatic carbocycles. The number of nitrogens with two attached hydrogens (primary N) is 1. The van der Waals surface area contributed by atoms with Crippen LogP contribution in [-0.2, 0) is 32.1 Å². The van der Waals surface area contributed by atoms with Crippen LogP contribution >= 0.6 is 0 Å². The molecule has 2 fully saturated rings. The van der Waals surface area contributed by atoms with Crippen molar-refractivity contribution < 1.29 is 37.9 Å². The third kappa shape index (κ3) is 10.6. The predicted octanol–water partition coefficient (Wildman–Crippen LogP) is 5.84. The molecule has 0 aliphatic carbocycles. The predicted molar refractivity (Wildman–Crippen MR) is 204 cm³/mol. The fourth-order valence-electron chi connectivity index (χ4n) is 7.27. The lowest BCUT2D eigenvalue weighted by molar-refractivity contribution is -0.139. The van der Waals surface area contributed by atoms with Crippen molar-refractivity contribution in [2.24, 2.45) is 11.7 Å². The number of benzene rings is 3. The lowest BCUT2D eigenvalue weighted by Gasteiger charge is -2.29. The van der Waals surface area contributed by atoms with Gasteiger partial charge in [-0.1, -0.05) is 79.2 Å². The maximum atomic E-state index is 14.6. The Morgan fingerprint density at radius 3 is 2.27 bits per heavy atom. The molecule has 3 amide bonds. The number of carbonyl (C=O) groups excluding carboxylic acids is 5. The van der Waals surface area contributed by atoms with Crippen LogP contribution < -0.4 is 11.1 Å². The summed E-state index contributed by atoms with van der Waals surface area (Å²) in [4.78, 5) is 76.8. The second-order valence-electron chi connectivity index (χ2n) is 14.2. The average Bonchev–Trinajstić information content (AvgIpc) is 3.85. The van der Waals surface area contributed by atoms with Crippen LogP contribution in [0.1, 0.15) is 73.2 Å². The molecule has 290 valence electrons. The third-order valence-electron chi connectivity index (χ3n) is 10.2. The van der Waals surface area contributed by atoms with Crippen molar-refractivity contribution in [1.82, 2.24) is 20.1 Å². The molecule has 3 heterocycles. The summed E-state index contributed by atoms with van der Waals surface area (Å²) < 4.78 is 17.2. The highest BCUT2D eigenvalue weighted by Crippen LogP contribution is 2.29. The Hall–Kier alpha value is -5.56. The van der Waals surface area contributed by atoms with Crippen molar-refractivity contribution in [2.45, 2.75) is 82.6 Å². The number of carbonyl (C=O) groups is 5. The van der Waals surface area contributed by atoms with Gasteiger partial charge in [-0.15, -0.1) is 0 Å². The number of ether oxygens (including phenoxy) is 2. The first-order chi connectivity index (χ1) is 26.8. The quantitative estimate of drug-likeness (QED) is 0.105. The van der Waals surface area contributed by atoms with E-state index in [1.54, 1.807) is 29.2 Å². The van der Waals surface area contributed by atoms with E-state index in [0.717, 1.165) is 30.4 Å². The molecule has 0 spiro atoms. The van der Waals surface area contributed by atoms with Crippen LogP contribution in [0.15, 0.2) is 89.3 Å². The maximum Gasteiger partial charge on any atom is 0.410 e. The van der Waals surface area contributed by atoms with Crippen LogP contribution in [0.4, 0.5) is 9.59 Å². The van der Waals surface area contributed by atoms with Gasteiger partial charge in [0.25, 0.3) is 5.89 Å². The monoisotopic (exact) mass is 751 g/mol. The molecule has 0 bridgehead atoms. The number of Topliss-reactive ketones (excluding diaryl/α,β-unsaturated/α-hetero) is 2. The SMILES string of the molecule is NCCCC[C@H](CC(=O)[C@@H]1C[C@@H](OC(=O)N2CCCCC2)CN1C(=O)[C@@H](Cc1ccccc1)NC(=O)OCc1ccccc1)C(=O)c1nc2ccccc2o1. The van der Waals surface area contributed by atoms with Gasteiger partial charge in [-0.2, -0.15) is 0 Å². The molecule has 4 atom stereocenters. The smallest absolute Gasteiger partial charge is 0.410 e. The molecule has 4 aromatic rings. The molecule has 55 heavy (non-hydrogen) atoms. The first-order valence-electron chi connectivity index (χ1n) is 19.2. The Balaban J connectivity index is 1.24. The van der Waals surface area contributed by atoms with E-state index in [0.29, 0.717) is 50.0 Å². The molecule has 1 aromatic heterocycles. The van der Waals surface area contributed by atoms with E-state index in [4.69, 9.17) is 19.6 Å². The second-order valence-corrected chi connectivity index (χ2v) is 14.2. The largest absolute Gasteiger partial charge is 0.445 e. The number of para-hydroxylation sites is 2. The minimum atomic E-state index is -1.11. The zero-order valence-corrected chi connectivity index (χ0v) is 31.0. The number of ketones is 2. The van der Waals surface area contributed by atoms with Gasteiger partial charge in [0.05, 0.1) is 12.6 Å². The molecule has 2 aliphatic rings. The summed E-state index contributed by atoms with van der Waals surface area (Å²) in [5.74, 6) is -2.17. The van der Waals surface area contributed by atoms with Crippen LogP contribution in [0.5, 0.6) is 0 Å². The van der Waals surface area contributed by atoms with E-state index >= 15 is 0 Å². The minimum Gasteiger partial charge on any atom is -0.445 e. The van der Waals surface area contributed by atoms with Crippen molar-refractivity contribution in [3.05, 3.63) is 102 Å². The normalized spacial score (nSPS) is 18.1. The zero-order chi connectivity index (χ0) is 38.6. The summed E-state index contributed by atoms with van der Waals surface area (Å²) in [6.07, 6.45) is 2.30. The number of nitrogens with one attached hydrogen (secondary N) is 1. The fourth-order valence-corrected chi connectivity index (χ4v) is 7.27. The molecule has 2 aliphatic heterocycles. The number of unbranched alkanes of at least 4 members (excludes halogenated alkanes) is 1. The number of oxazole rings is 1. The van der Waals surface area contributed by atoms with Gasteiger partial charge in [0.1, 0.15) is 24.3 Å². The van der Waals surface area contributed by atoms with Crippen LogP contribution in [0.2, 0.25) is 0 Å². The number of nitrogens with zero attached hydrogens (tertiary/aromatic N) is 3. The van der Waals surface area contributed by atoms with E-state index in [1.807, 2.05) is 60.7 Å². The highest BCUT2D eigenvalue weighted by molar-refractivity contribution is 6.00. The summed E-state index contributed by atoms with van der Waals surface area (Å²) in [5, 5.41) is 2.74. The molecule has 0 unspecified atom stereocenters. The Labute approximate surface area is 320 Å². The van der Waals surface area contributed by atoms with Gasteiger partial charge < -0.3 is 34.7 Å². The van der Waals surface area contributed by atoms with Gasteiger partial charge >= 0.3 is 12.2 Å². The first kappa shape index (κ1) is 39.1. The molecule has 3 N–H and O–H groups in total. The number of aromatic nitrogens is 1. The second kappa shape index (κ2) is 19.2. The number of fused-ring (bicyclic) bond motifs is 1. The molecular weight excluding hydrogens is 702 g/mol. The summed E-state index contributed by atoms with van der Waals surface area (Å²) >= 11 is 0. The standard InChI is InChI=1S/C42H49N5O8/c43-21-11-10-18-31(38(49)39-44-33-19-8-9-20-37(33)55-39)25-36(48)35-26-32(54-42(52)46-22-12-3-13-23-46)27-47(35)40(50)34(24-29-14-4-1-5-15-29)45-41(51)53-28-30-16-6-2-7-17-30/h1-2,4-9,14-17,19-20,31-32,34-35H,3,10-13,18,21-28,43H2,(H,45,51)/t31-,32-,34-,35+/m1/s1. The summed E-state index contributed by atoms with van der Waals surface area (Å²) in [5.41, 5.74) is 8.32. The molecule has 6 rings (SSSR count). The van der Waals surface area contributed by atoms with Gasteiger partial charge in [0.15, 0.2) is 11.4 Å². The van der Waals surface area contributed by atoms with E-state index in [-0.39, 0.29) is 44.1 Å². The van der Waals surface area contributed by atoms with Crippen LogP contribution in [-0.4, -0.2) is 88.8 Å². The fraction of sp³-hybridized carbons (Fsp3) is 0.429. The summed E-state index contributed by atoms with van der Waals surface area (Å²) in [7, 11) is 0. The third-order valence-corrected chi connectivity index (χ3v) is 10.2. The Morgan fingerprint density at radius 2 is 1.56 bits per heavy atom. The lowest BCUT2D eigenvalue weighted by atomic mass is 9.89. The molecule has 13 nitrogen and oxygen atoms in total. The van der Waals surface area contributed by atoms with E-state index in [1.165, 1.54) is 4.90 Å². The zero-order valence-electron chi connectivity index (χ0n) is 31.0. The van der Waals surface area contributed by atoms with Crippen molar-refractivity contribution in [3.63, 3.8) is 0 Å². The Bertz CT molecular complexity index is 1880. The number of hydrogen-bond acceptors (Lipinski definition) is 10. The molecule has 13 heteroatoms. The Morgan fingerprint density at radius 1 is 0.873 bits per heavy atom. The topological polar surface area (TPSA) is 174 Å². The average molecular weight is 752 g/mol. The van der Waals surface area contributed by atoms with Crippen molar-refractivity contribution in [2.75, 3.05) is 26.2 Å². The number of alkyl carbamates (subject to hydrolysis) is 1. The first-order valence-corrected chi connectivity index (χ1v) is 19.2. The van der Waals surface area contributed by atoms with E-state index in [9.17, 15) is 24.0 Å². The van der Waals surface area contributed by atoms with Gasteiger partial charge in [-0.05, 0) is 61.9 Å². The van der Waals surface area contributed by atoms with E-state index < -0.39 is 48.0 Å². The van der Waals surface area contributed by atoms with Gasteiger partial charge in [0, 0.05) is 38.3 Å². The van der Waals surface area contributed by atoms with Gasteiger partial charge in [0.2, 0.25) is 11.7 Å². The van der Waals surface area contributed by atoms with Crippen molar-refractivity contribution >= 4 is 40.8 Å². The number of rotatable bonds is 16. The van der Waals surface area contributed by atoms with Gasteiger partial charge in [-0.3, -0.25) is 14.4 Å². The van der Waals surface area contributed by atoms with Crippen LogP contribution in [0, 0.1) is 5.92 Å². The number of piperidine rings is 1. The number of hydrogen-bond donors (Lipinski definition) is 2. The minimum absolute atomic E-state index is 0.00205. The maximum absolute atomic E-state index is 14.6. The lowest BCUT2D eigenvalue weighted by Crippen LogP contribution is -2.53.